The predicted octanol–water partition coefficient (Wildman–Crippen LogP) is 1.84. The summed E-state index contributed by atoms with van der Waals surface area (Å²) >= 11 is 1.42. The molecule has 18 heavy (non-hydrogen) atoms. The average molecular weight is 264 g/mol. The molecular formula is C13H16N2O2S. The highest BCUT2D eigenvalue weighted by Gasteiger charge is 2.23. The Morgan fingerprint density at radius 2 is 2.17 bits per heavy atom. The summed E-state index contributed by atoms with van der Waals surface area (Å²) in [5.74, 6) is 0.360. The second-order valence-corrected chi connectivity index (χ2v) is 5.48. The minimum Gasteiger partial charge on any atom is -0.398 e. The fraction of sp³-hybridized carbons (Fsp3) is 0.385. The molecule has 96 valence electrons. The van der Waals surface area contributed by atoms with Crippen LogP contribution in [0.1, 0.15) is 30.1 Å². The second-order valence-electron chi connectivity index (χ2n) is 4.44. The lowest BCUT2D eigenvalue weighted by atomic mass is 10.1. The number of hydrogen-bond donors (Lipinski definition) is 2. The number of nitrogen functional groups attached to an aromatic ring is 1. The van der Waals surface area contributed by atoms with Gasteiger partial charge in [-0.3, -0.25) is 9.59 Å². The van der Waals surface area contributed by atoms with E-state index < -0.39 is 0 Å². The summed E-state index contributed by atoms with van der Waals surface area (Å²) < 4.78 is 0. The number of hydrogen-bond acceptors (Lipinski definition) is 4. The monoisotopic (exact) mass is 264 g/mol. The molecule has 0 unspecified atom stereocenters. The first kappa shape index (κ1) is 13.0. The summed E-state index contributed by atoms with van der Waals surface area (Å²) in [7, 11) is 0. The molecule has 1 aliphatic rings. The molecule has 0 bridgehead atoms. The third-order valence-corrected chi connectivity index (χ3v) is 3.71. The lowest BCUT2D eigenvalue weighted by molar-refractivity contribution is -0.118. The molecule has 1 aliphatic carbocycles. The maximum absolute atomic E-state index is 11.5. The van der Waals surface area contributed by atoms with E-state index >= 15 is 0 Å². The van der Waals surface area contributed by atoms with E-state index in [1.807, 2.05) is 6.07 Å². The van der Waals surface area contributed by atoms with Crippen molar-refractivity contribution in [2.24, 2.45) is 0 Å². The first-order chi connectivity index (χ1) is 8.56. The Kier molecular flexibility index (Phi) is 3.91. The third-order valence-electron chi connectivity index (χ3n) is 2.72. The molecule has 4 nitrogen and oxygen atoms in total. The maximum atomic E-state index is 11.5. The zero-order chi connectivity index (χ0) is 13.1. The van der Waals surface area contributed by atoms with Crippen molar-refractivity contribution in [3.8, 4) is 0 Å². The Morgan fingerprint density at radius 3 is 2.78 bits per heavy atom. The molecule has 1 fully saturated rings. The lowest BCUT2D eigenvalue weighted by Gasteiger charge is -2.06. The number of carbonyl (C=O) groups excluding carboxylic acids is 2. The van der Waals surface area contributed by atoms with Crippen molar-refractivity contribution in [1.82, 2.24) is 5.32 Å². The molecule has 2 rings (SSSR count). The van der Waals surface area contributed by atoms with E-state index in [4.69, 9.17) is 5.73 Å². The van der Waals surface area contributed by atoms with Gasteiger partial charge in [0.2, 0.25) is 5.91 Å². The van der Waals surface area contributed by atoms with Crippen molar-refractivity contribution in [2.45, 2.75) is 30.7 Å². The molecule has 0 aromatic heterocycles. The molecule has 0 heterocycles. The van der Waals surface area contributed by atoms with E-state index in [9.17, 15) is 9.59 Å². The summed E-state index contributed by atoms with van der Waals surface area (Å²) in [4.78, 5) is 23.8. The van der Waals surface area contributed by atoms with Crippen LogP contribution in [0, 0.1) is 0 Å². The molecule has 0 radical (unpaired) electrons. The number of carbonyl (C=O) groups is 2. The van der Waals surface area contributed by atoms with E-state index in [1.165, 1.54) is 18.7 Å². The van der Waals surface area contributed by atoms with Crippen molar-refractivity contribution in [1.29, 1.82) is 0 Å². The molecular weight excluding hydrogens is 248 g/mol. The Morgan fingerprint density at radius 1 is 1.44 bits per heavy atom. The largest absolute Gasteiger partial charge is 0.398 e. The molecule has 0 spiro atoms. The van der Waals surface area contributed by atoms with Gasteiger partial charge in [-0.2, -0.15) is 0 Å². The van der Waals surface area contributed by atoms with Crippen molar-refractivity contribution >= 4 is 29.1 Å². The maximum Gasteiger partial charge on any atom is 0.230 e. The highest BCUT2D eigenvalue weighted by molar-refractivity contribution is 8.00. The van der Waals surface area contributed by atoms with E-state index in [1.54, 1.807) is 12.1 Å². The predicted molar refractivity (Wildman–Crippen MR) is 72.7 cm³/mol. The molecule has 0 aliphatic heterocycles. The number of benzene rings is 1. The molecule has 3 N–H and O–H groups in total. The molecule has 5 heteroatoms. The summed E-state index contributed by atoms with van der Waals surface area (Å²) in [5, 5.41) is 2.92. The molecule has 1 aromatic carbocycles. The van der Waals surface area contributed by atoms with Crippen LogP contribution in [-0.2, 0) is 4.79 Å². The van der Waals surface area contributed by atoms with Crippen molar-refractivity contribution in [3.63, 3.8) is 0 Å². The van der Waals surface area contributed by atoms with E-state index in [0.29, 0.717) is 23.0 Å². The number of ketones is 1. The van der Waals surface area contributed by atoms with Crippen LogP contribution in [0.5, 0.6) is 0 Å². The van der Waals surface area contributed by atoms with Crippen molar-refractivity contribution in [3.05, 3.63) is 23.8 Å². The fourth-order valence-corrected chi connectivity index (χ4v) is 2.32. The van der Waals surface area contributed by atoms with Crippen LogP contribution in [0.2, 0.25) is 0 Å². The van der Waals surface area contributed by atoms with Gasteiger partial charge in [-0.1, -0.05) is 0 Å². The number of anilines is 1. The summed E-state index contributed by atoms with van der Waals surface area (Å²) in [5.41, 5.74) is 6.71. The van der Waals surface area contributed by atoms with E-state index in [-0.39, 0.29) is 11.7 Å². The third kappa shape index (κ3) is 3.50. The number of nitrogens with one attached hydrogen (secondary N) is 1. The van der Waals surface area contributed by atoms with Gasteiger partial charge in [0, 0.05) is 22.2 Å². The van der Waals surface area contributed by atoms with Crippen LogP contribution in [0.25, 0.3) is 0 Å². The second kappa shape index (κ2) is 5.44. The number of rotatable bonds is 5. The van der Waals surface area contributed by atoms with E-state index in [2.05, 4.69) is 5.32 Å². The Bertz CT molecular complexity index is 484. The van der Waals surface area contributed by atoms with E-state index in [0.717, 1.165) is 17.7 Å². The summed E-state index contributed by atoms with van der Waals surface area (Å²) in [6, 6.07) is 5.67. The normalized spacial score (nSPS) is 14.3. The van der Waals surface area contributed by atoms with Crippen LogP contribution in [0.4, 0.5) is 5.69 Å². The minimum absolute atomic E-state index is 0.0451. The summed E-state index contributed by atoms with van der Waals surface area (Å²) in [6.45, 7) is 1.49. The van der Waals surface area contributed by atoms with Gasteiger partial charge < -0.3 is 11.1 Å². The van der Waals surface area contributed by atoms with Crippen LogP contribution in [-0.4, -0.2) is 23.5 Å². The van der Waals surface area contributed by atoms with Crippen LogP contribution >= 0.6 is 11.8 Å². The minimum atomic E-state index is -0.0580. The van der Waals surface area contributed by atoms with Crippen molar-refractivity contribution < 1.29 is 9.59 Å². The zero-order valence-corrected chi connectivity index (χ0v) is 11.0. The topological polar surface area (TPSA) is 72.2 Å². The van der Waals surface area contributed by atoms with Gasteiger partial charge in [0.1, 0.15) is 0 Å². The van der Waals surface area contributed by atoms with Gasteiger partial charge in [0.05, 0.1) is 5.75 Å². The molecule has 0 atom stereocenters. The smallest absolute Gasteiger partial charge is 0.230 e. The first-order valence-electron chi connectivity index (χ1n) is 5.89. The van der Waals surface area contributed by atoms with Crippen LogP contribution in [0.3, 0.4) is 0 Å². The number of Topliss-reactive ketones (excluding diaryl/α,β-unsaturated/α-hetero) is 1. The standard InChI is InChI=1S/C13H16N2O2S/c1-8(16)11-6-10(4-5-12(11)14)18-7-13(17)15-9-2-3-9/h4-6,9H,2-3,7,14H2,1H3,(H,15,17). The fourth-order valence-electron chi connectivity index (χ4n) is 1.58. The zero-order valence-electron chi connectivity index (χ0n) is 10.2. The Labute approximate surface area is 110 Å². The number of thioether (sulfide) groups is 1. The van der Waals surface area contributed by atoms with Gasteiger partial charge in [0.15, 0.2) is 5.78 Å². The molecule has 1 saturated carbocycles. The Hall–Kier alpha value is -1.49. The molecule has 0 saturated heterocycles. The Balaban J connectivity index is 1.94. The van der Waals surface area contributed by atoms with Crippen LogP contribution < -0.4 is 11.1 Å². The summed E-state index contributed by atoms with van der Waals surface area (Å²) in [6.07, 6.45) is 2.18. The van der Waals surface area contributed by atoms with Gasteiger partial charge in [-0.15, -0.1) is 11.8 Å². The lowest BCUT2D eigenvalue weighted by Crippen LogP contribution is -2.26. The van der Waals surface area contributed by atoms with Gasteiger partial charge in [-0.25, -0.2) is 0 Å². The van der Waals surface area contributed by atoms with Gasteiger partial charge in [0.25, 0.3) is 0 Å². The quantitative estimate of drug-likeness (QED) is 0.483. The molecule has 1 aromatic rings. The first-order valence-corrected chi connectivity index (χ1v) is 6.87. The highest BCUT2D eigenvalue weighted by atomic mass is 32.2. The average Bonchev–Trinajstić information content (AvgIpc) is 3.11. The van der Waals surface area contributed by atoms with Gasteiger partial charge in [-0.05, 0) is 38.0 Å². The van der Waals surface area contributed by atoms with Crippen LogP contribution in [0.15, 0.2) is 23.1 Å². The van der Waals surface area contributed by atoms with Gasteiger partial charge >= 0.3 is 0 Å². The highest BCUT2D eigenvalue weighted by Crippen LogP contribution is 2.24. The SMILES string of the molecule is CC(=O)c1cc(SCC(=O)NC2CC2)ccc1N. The van der Waals surface area contributed by atoms with Crippen molar-refractivity contribution in [2.75, 3.05) is 11.5 Å². The number of amides is 1. The molecule has 1 amide bonds. The number of nitrogens with two attached hydrogens (primary N) is 1.